The zero-order valence-corrected chi connectivity index (χ0v) is 11.9. The van der Waals surface area contributed by atoms with Gasteiger partial charge in [-0.1, -0.05) is 6.07 Å². The first-order chi connectivity index (χ1) is 9.10. The second-order valence-corrected chi connectivity index (χ2v) is 5.74. The molecule has 0 saturated heterocycles. The molecule has 1 saturated carbocycles. The van der Waals surface area contributed by atoms with Crippen molar-refractivity contribution >= 4 is 11.6 Å². The number of aryl methyl sites for hydroxylation is 2. The Morgan fingerprint density at radius 1 is 1.21 bits per heavy atom. The minimum absolute atomic E-state index is 0.157. The topological polar surface area (TPSA) is 55.1 Å². The van der Waals surface area contributed by atoms with Gasteiger partial charge in [-0.15, -0.1) is 0 Å². The standard InChI is InChI=1S/C16H24N2O/c1-11-3-8-15(9-12(11)2)18-16(19)14-6-4-13(10-17)5-7-14/h3,8-9,13-14H,4-7,10,17H2,1-2H3,(H,18,19). The molecule has 1 aromatic carbocycles. The van der Waals surface area contributed by atoms with Gasteiger partial charge in [-0.05, 0) is 75.3 Å². The van der Waals surface area contributed by atoms with Crippen LogP contribution in [0, 0.1) is 25.7 Å². The molecule has 1 aromatic rings. The van der Waals surface area contributed by atoms with Gasteiger partial charge in [0.25, 0.3) is 0 Å². The average Bonchev–Trinajstić information content (AvgIpc) is 2.43. The zero-order chi connectivity index (χ0) is 13.8. The number of anilines is 1. The van der Waals surface area contributed by atoms with Crippen LogP contribution in [0.5, 0.6) is 0 Å². The number of benzene rings is 1. The Labute approximate surface area is 115 Å². The van der Waals surface area contributed by atoms with Crippen LogP contribution in [0.15, 0.2) is 18.2 Å². The summed E-state index contributed by atoms with van der Waals surface area (Å²) in [6.45, 7) is 4.90. The lowest BCUT2D eigenvalue weighted by Crippen LogP contribution is -2.29. The van der Waals surface area contributed by atoms with E-state index in [-0.39, 0.29) is 11.8 Å². The van der Waals surface area contributed by atoms with Gasteiger partial charge >= 0.3 is 0 Å². The zero-order valence-electron chi connectivity index (χ0n) is 11.9. The number of nitrogens with two attached hydrogens (primary N) is 1. The molecule has 1 fully saturated rings. The highest BCUT2D eigenvalue weighted by Gasteiger charge is 2.25. The van der Waals surface area contributed by atoms with Crippen molar-refractivity contribution in [2.24, 2.45) is 17.6 Å². The summed E-state index contributed by atoms with van der Waals surface area (Å²) in [6, 6.07) is 6.07. The Balaban J connectivity index is 1.92. The van der Waals surface area contributed by atoms with Crippen LogP contribution in [-0.2, 0) is 4.79 Å². The summed E-state index contributed by atoms with van der Waals surface area (Å²) >= 11 is 0. The summed E-state index contributed by atoms with van der Waals surface area (Å²) in [5, 5.41) is 3.04. The SMILES string of the molecule is Cc1ccc(NC(=O)C2CCC(CN)CC2)cc1C. The van der Waals surface area contributed by atoms with E-state index in [0.29, 0.717) is 5.92 Å². The van der Waals surface area contributed by atoms with Crippen LogP contribution >= 0.6 is 0 Å². The third-order valence-corrected chi connectivity index (χ3v) is 4.33. The van der Waals surface area contributed by atoms with Crippen molar-refractivity contribution < 1.29 is 4.79 Å². The summed E-state index contributed by atoms with van der Waals surface area (Å²) in [4.78, 5) is 12.2. The maximum Gasteiger partial charge on any atom is 0.227 e. The number of carbonyl (C=O) groups excluding carboxylic acids is 1. The second-order valence-electron chi connectivity index (χ2n) is 5.74. The molecule has 0 spiro atoms. The highest BCUT2D eigenvalue weighted by atomic mass is 16.1. The second kappa shape index (κ2) is 6.20. The van der Waals surface area contributed by atoms with Crippen molar-refractivity contribution in [1.82, 2.24) is 0 Å². The fourth-order valence-corrected chi connectivity index (χ4v) is 2.72. The van der Waals surface area contributed by atoms with Gasteiger partial charge in [0.15, 0.2) is 0 Å². The number of amides is 1. The van der Waals surface area contributed by atoms with E-state index in [4.69, 9.17) is 5.73 Å². The first kappa shape index (κ1) is 14.1. The van der Waals surface area contributed by atoms with E-state index in [2.05, 4.69) is 25.2 Å². The van der Waals surface area contributed by atoms with Gasteiger partial charge in [0.1, 0.15) is 0 Å². The maximum absolute atomic E-state index is 12.2. The molecule has 3 nitrogen and oxygen atoms in total. The first-order valence-electron chi connectivity index (χ1n) is 7.18. The molecule has 1 aliphatic carbocycles. The molecule has 3 N–H and O–H groups in total. The van der Waals surface area contributed by atoms with E-state index in [0.717, 1.165) is 37.9 Å². The molecule has 1 aliphatic rings. The average molecular weight is 260 g/mol. The lowest BCUT2D eigenvalue weighted by molar-refractivity contribution is -0.121. The van der Waals surface area contributed by atoms with Gasteiger partial charge in [0.05, 0.1) is 0 Å². The van der Waals surface area contributed by atoms with E-state index < -0.39 is 0 Å². The number of hydrogen-bond donors (Lipinski definition) is 2. The van der Waals surface area contributed by atoms with Crippen molar-refractivity contribution in [2.45, 2.75) is 39.5 Å². The number of nitrogens with one attached hydrogen (secondary N) is 1. The molecule has 0 radical (unpaired) electrons. The quantitative estimate of drug-likeness (QED) is 0.877. The third kappa shape index (κ3) is 3.57. The third-order valence-electron chi connectivity index (χ3n) is 4.33. The Morgan fingerprint density at radius 2 is 1.89 bits per heavy atom. The van der Waals surface area contributed by atoms with Crippen molar-refractivity contribution in [1.29, 1.82) is 0 Å². The predicted octanol–water partition coefficient (Wildman–Crippen LogP) is 3.01. The number of carbonyl (C=O) groups is 1. The van der Waals surface area contributed by atoms with Crippen LogP contribution in [0.4, 0.5) is 5.69 Å². The normalized spacial score (nSPS) is 23.1. The molecule has 2 rings (SSSR count). The van der Waals surface area contributed by atoms with Crippen LogP contribution in [-0.4, -0.2) is 12.5 Å². The lowest BCUT2D eigenvalue weighted by atomic mass is 9.81. The van der Waals surface area contributed by atoms with Crippen LogP contribution in [0.3, 0.4) is 0 Å². The largest absolute Gasteiger partial charge is 0.330 e. The molecule has 0 heterocycles. The summed E-state index contributed by atoms with van der Waals surface area (Å²) in [5.74, 6) is 0.939. The smallest absolute Gasteiger partial charge is 0.227 e. The van der Waals surface area contributed by atoms with Gasteiger partial charge in [-0.25, -0.2) is 0 Å². The summed E-state index contributed by atoms with van der Waals surface area (Å²) in [7, 11) is 0. The Kier molecular flexibility index (Phi) is 4.59. The maximum atomic E-state index is 12.2. The summed E-state index contributed by atoms with van der Waals surface area (Å²) in [5.41, 5.74) is 9.05. The fourth-order valence-electron chi connectivity index (χ4n) is 2.72. The highest BCUT2D eigenvalue weighted by Crippen LogP contribution is 2.29. The van der Waals surface area contributed by atoms with E-state index >= 15 is 0 Å². The Morgan fingerprint density at radius 3 is 2.47 bits per heavy atom. The van der Waals surface area contributed by atoms with Crippen molar-refractivity contribution in [2.75, 3.05) is 11.9 Å². The van der Waals surface area contributed by atoms with Crippen LogP contribution in [0.25, 0.3) is 0 Å². The summed E-state index contributed by atoms with van der Waals surface area (Å²) in [6.07, 6.45) is 4.11. The van der Waals surface area contributed by atoms with Gasteiger partial charge in [0, 0.05) is 11.6 Å². The molecule has 0 atom stereocenters. The van der Waals surface area contributed by atoms with Gasteiger partial charge in [-0.2, -0.15) is 0 Å². The van der Waals surface area contributed by atoms with E-state index in [1.807, 2.05) is 12.1 Å². The van der Waals surface area contributed by atoms with Crippen molar-refractivity contribution in [3.05, 3.63) is 29.3 Å². The molecule has 0 bridgehead atoms. The number of rotatable bonds is 3. The lowest BCUT2D eigenvalue weighted by Gasteiger charge is -2.26. The van der Waals surface area contributed by atoms with E-state index in [1.165, 1.54) is 11.1 Å². The molecule has 19 heavy (non-hydrogen) atoms. The van der Waals surface area contributed by atoms with Crippen molar-refractivity contribution in [3.8, 4) is 0 Å². The molecule has 0 aliphatic heterocycles. The molecular weight excluding hydrogens is 236 g/mol. The van der Waals surface area contributed by atoms with Crippen LogP contribution in [0.1, 0.15) is 36.8 Å². The molecule has 0 aromatic heterocycles. The first-order valence-corrected chi connectivity index (χ1v) is 7.18. The molecule has 1 amide bonds. The minimum Gasteiger partial charge on any atom is -0.330 e. The monoisotopic (exact) mass is 260 g/mol. The van der Waals surface area contributed by atoms with Crippen molar-refractivity contribution in [3.63, 3.8) is 0 Å². The predicted molar refractivity (Wildman–Crippen MR) is 79.0 cm³/mol. The van der Waals surface area contributed by atoms with Crippen LogP contribution in [0.2, 0.25) is 0 Å². The number of hydrogen-bond acceptors (Lipinski definition) is 2. The van der Waals surface area contributed by atoms with Crippen LogP contribution < -0.4 is 11.1 Å². The van der Waals surface area contributed by atoms with Gasteiger partial charge < -0.3 is 11.1 Å². The molecule has 3 heteroatoms. The Hall–Kier alpha value is -1.35. The molecular formula is C16H24N2O. The molecule has 104 valence electrons. The Bertz CT molecular complexity index is 448. The summed E-state index contributed by atoms with van der Waals surface area (Å²) < 4.78 is 0. The van der Waals surface area contributed by atoms with E-state index in [1.54, 1.807) is 0 Å². The van der Waals surface area contributed by atoms with Gasteiger partial charge in [-0.3, -0.25) is 4.79 Å². The van der Waals surface area contributed by atoms with Gasteiger partial charge in [0.2, 0.25) is 5.91 Å². The highest BCUT2D eigenvalue weighted by molar-refractivity contribution is 5.92. The molecule has 0 unspecified atom stereocenters. The minimum atomic E-state index is 0.157. The van der Waals surface area contributed by atoms with E-state index in [9.17, 15) is 4.79 Å². The fraction of sp³-hybridized carbons (Fsp3) is 0.562.